The Kier molecular flexibility index (Phi) is 8.25. The number of ether oxygens (including phenoxy) is 1. The lowest BCUT2D eigenvalue weighted by atomic mass is 9.97. The average molecular weight is 571 g/mol. The topological polar surface area (TPSA) is 21.5 Å². The number of para-hydroxylation sites is 1. The second-order valence-electron chi connectivity index (χ2n) is 11.8. The maximum absolute atomic E-state index is 6.86. The Morgan fingerprint density at radius 2 is 1.26 bits per heavy atom. The van der Waals surface area contributed by atoms with E-state index in [2.05, 4.69) is 159 Å². The Labute approximate surface area is 251 Å². The van der Waals surface area contributed by atoms with Crippen molar-refractivity contribution in [2.24, 2.45) is 11.8 Å². The van der Waals surface area contributed by atoms with Gasteiger partial charge in [-0.3, -0.25) is 0 Å². The maximum atomic E-state index is 6.86. The molecule has 1 heterocycles. The van der Waals surface area contributed by atoms with Crippen molar-refractivity contribution < 1.29 is 13.7 Å². The molecule has 0 spiro atoms. The molecule has 3 nitrogen and oxygen atoms in total. The molecule has 4 heteroatoms. The Morgan fingerprint density at radius 1 is 0.738 bits per heavy atom. The van der Waals surface area contributed by atoms with Gasteiger partial charge in [0.05, 0.1) is 5.56 Å². The summed E-state index contributed by atoms with van der Waals surface area (Å²) < 4.78 is 15.1. The smallest absolute Gasteiger partial charge is 0.292 e. The van der Waals surface area contributed by atoms with Crippen LogP contribution in [0.15, 0.2) is 134 Å². The number of benzene rings is 2. The molecule has 1 aliphatic heterocycles. The minimum atomic E-state index is -2.18. The van der Waals surface area contributed by atoms with Crippen LogP contribution >= 0.6 is 0 Å². The van der Waals surface area contributed by atoms with Crippen molar-refractivity contribution >= 4 is 20.2 Å². The molecule has 7 rings (SSSR count). The van der Waals surface area contributed by atoms with Crippen LogP contribution in [0.2, 0.25) is 17.6 Å². The van der Waals surface area contributed by atoms with Gasteiger partial charge in [-0.05, 0) is 56.9 Å². The summed E-state index contributed by atoms with van der Waals surface area (Å²) in [5.74, 6) is 3.16. The van der Waals surface area contributed by atoms with Crippen molar-refractivity contribution in [2.45, 2.75) is 37.9 Å². The summed E-state index contributed by atoms with van der Waals surface area (Å²) in [4.78, 5) is 0. The highest BCUT2D eigenvalue weighted by molar-refractivity contribution is 6.78. The highest BCUT2D eigenvalue weighted by Gasteiger charge is 2.45. The molecule has 0 saturated heterocycles. The van der Waals surface area contributed by atoms with Gasteiger partial charge < -0.3 is 9.16 Å². The predicted octanol–water partition coefficient (Wildman–Crippen LogP) is 9.22. The third-order valence-corrected chi connectivity index (χ3v) is 12.8. The Hall–Kier alpha value is -4.15. The molecular formula is C38H40NO2Si+. The van der Waals surface area contributed by atoms with Crippen LogP contribution in [0.25, 0.3) is 0 Å². The number of hydrogen-bond donors (Lipinski definition) is 0. The van der Waals surface area contributed by atoms with Gasteiger partial charge in [-0.25, -0.2) is 0 Å². The quantitative estimate of drug-likeness (QED) is 0.244. The first-order valence-electron chi connectivity index (χ1n) is 15.0. The Balaban J connectivity index is 0.000000240. The number of nitrogens with zero attached hydrogens (tertiary/aromatic N) is 1. The molecule has 42 heavy (non-hydrogen) atoms. The van der Waals surface area contributed by atoms with E-state index in [1.54, 1.807) is 0 Å². The normalized spacial score (nSPS) is 19.0. The van der Waals surface area contributed by atoms with Crippen molar-refractivity contribution in [3.8, 4) is 11.5 Å². The first-order chi connectivity index (χ1) is 20.5. The van der Waals surface area contributed by atoms with E-state index in [1.807, 2.05) is 6.07 Å². The molecule has 4 aliphatic carbocycles. The molecule has 0 atom stereocenters. The molecule has 5 aliphatic rings. The number of aryl methyl sites for hydroxylation is 2. The molecular weight excluding hydrogens is 531 g/mol. The Morgan fingerprint density at radius 3 is 1.81 bits per heavy atom. The summed E-state index contributed by atoms with van der Waals surface area (Å²) in [6.07, 6.45) is 38.7. The number of hydrogen-bond acceptors (Lipinski definition) is 2. The van der Waals surface area contributed by atoms with Crippen LogP contribution in [-0.2, 0) is 0 Å². The van der Waals surface area contributed by atoms with Gasteiger partial charge in [-0.2, -0.15) is 4.58 Å². The van der Waals surface area contributed by atoms with Crippen molar-refractivity contribution in [1.29, 1.82) is 0 Å². The molecule has 0 radical (unpaired) electrons. The predicted molar refractivity (Wildman–Crippen MR) is 177 cm³/mol. The van der Waals surface area contributed by atoms with Crippen molar-refractivity contribution in [3.63, 3.8) is 0 Å². The van der Waals surface area contributed by atoms with Crippen LogP contribution in [0.5, 0.6) is 11.5 Å². The van der Waals surface area contributed by atoms with Gasteiger partial charge in [-0.15, -0.1) is 0 Å². The van der Waals surface area contributed by atoms with E-state index < -0.39 is 8.32 Å². The fourth-order valence-corrected chi connectivity index (χ4v) is 9.70. The molecule has 0 N–H and O–H groups in total. The summed E-state index contributed by atoms with van der Waals surface area (Å²) >= 11 is 0. The lowest BCUT2D eigenvalue weighted by molar-refractivity contribution is -0.477. The minimum absolute atomic E-state index is 0.354. The molecule has 0 fully saturated rings. The molecule has 0 amide bonds. The van der Waals surface area contributed by atoms with Crippen LogP contribution < -0.4 is 9.16 Å². The first-order valence-corrected chi connectivity index (χ1v) is 17.6. The number of rotatable bonds is 7. The monoisotopic (exact) mass is 570 g/mol. The van der Waals surface area contributed by atoms with Crippen LogP contribution in [0.3, 0.4) is 0 Å². The highest BCUT2D eigenvalue weighted by Crippen LogP contribution is 2.42. The van der Waals surface area contributed by atoms with Crippen LogP contribution in [0.1, 0.15) is 23.1 Å². The third-order valence-electron chi connectivity index (χ3n) is 8.72. The summed E-state index contributed by atoms with van der Waals surface area (Å²) in [5.41, 5.74) is 5.46. The van der Waals surface area contributed by atoms with E-state index in [4.69, 9.17) is 9.16 Å². The van der Waals surface area contributed by atoms with Gasteiger partial charge in [-0.1, -0.05) is 115 Å². The van der Waals surface area contributed by atoms with E-state index in [0.717, 1.165) is 17.1 Å². The zero-order chi connectivity index (χ0) is 28.9. The van der Waals surface area contributed by atoms with Crippen molar-refractivity contribution in [1.82, 2.24) is 0 Å². The zero-order valence-corrected chi connectivity index (χ0v) is 25.8. The summed E-state index contributed by atoms with van der Waals surface area (Å²) in [6.45, 7) is 7.15. The summed E-state index contributed by atoms with van der Waals surface area (Å²) in [7, 11) is -2.18. The molecule has 0 bridgehead atoms. The number of fused-ring (bicyclic) bond motifs is 1. The average Bonchev–Trinajstić information content (AvgIpc) is 3.82. The van der Waals surface area contributed by atoms with Gasteiger partial charge in [0, 0.05) is 22.2 Å². The lowest BCUT2D eigenvalue weighted by Gasteiger charge is -2.36. The molecule has 0 saturated carbocycles. The maximum Gasteiger partial charge on any atom is 0.292 e. The van der Waals surface area contributed by atoms with Gasteiger partial charge in [0.15, 0.2) is 6.21 Å². The fraction of sp³-hybridized carbons (Fsp3) is 0.237. The van der Waals surface area contributed by atoms with E-state index in [9.17, 15) is 0 Å². The van der Waals surface area contributed by atoms with Crippen LogP contribution in [0, 0.1) is 25.7 Å². The number of allylic oxidation sites excluding steroid dienone is 16. The standard InChI is InChI=1S/C27H28NO2Si.C11H12/c1-20-9-8-10-21(2)27(20)28-18-22-17-23(15-16-26(22)29-19-28)30-31(3,24-11-4-5-12-24)25-13-6-7-14-25;1-2-6-10(5-1)9-11-7-3-4-8-11/h4-18,24-25H,19H2,1-3H3;1-8,10-11H,9H2/q+1;. The van der Waals surface area contributed by atoms with Gasteiger partial charge in [0.1, 0.15) is 11.5 Å². The minimum Gasteiger partial charge on any atom is -0.542 e. The molecule has 0 unspecified atom stereocenters. The summed E-state index contributed by atoms with van der Waals surface area (Å²) in [5, 5.41) is 0. The molecule has 0 aromatic heterocycles. The Bertz CT molecular complexity index is 1480. The third kappa shape index (κ3) is 6.05. The highest BCUT2D eigenvalue weighted by atomic mass is 28.4. The van der Waals surface area contributed by atoms with E-state index in [1.165, 1.54) is 23.2 Å². The molecule has 212 valence electrons. The van der Waals surface area contributed by atoms with Gasteiger partial charge in [0.2, 0.25) is 5.69 Å². The largest absolute Gasteiger partial charge is 0.542 e. The van der Waals surface area contributed by atoms with E-state index in [0.29, 0.717) is 29.6 Å². The SMILES string of the molecule is C1=CC(CC2C=CC=C2)C=C1.Cc1cccc(C)c1[N+]1=Cc2cc(O[Si](C)(C3C=CC=C3)C3C=CC=C3)ccc2OC1. The molecule has 2 aromatic rings. The van der Waals surface area contributed by atoms with Gasteiger partial charge >= 0.3 is 0 Å². The van der Waals surface area contributed by atoms with Crippen LogP contribution in [0.4, 0.5) is 5.69 Å². The van der Waals surface area contributed by atoms with Crippen LogP contribution in [-0.4, -0.2) is 25.8 Å². The van der Waals surface area contributed by atoms with Crippen molar-refractivity contribution in [3.05, 3.63) is 150 Å². The zero-order valence-electron chi connectivity index (χ0n) is 24.8. The van der Waals surface area contributed by atoms with E-state index >= 15 is 0 Å². The molecule has 2 aromatic carbocycles. The van der Waals surface area contributed by atoms with Crippen molar-refractivity contribution in [2.75, 3.05) is 6.73 Å². The second kappa shape index (κ2) is 12.4. The second-order valence-corrected chi connectivity index (χ2v) is 15.7. The fourth-order valence-electron chi connectivity index (χ4n) is 6.38. The summed E-state index contributed by atoms with van der Waals surface area (Å²) in [6, 6.07) is 12.6. The first kappa shape index (κ1) is 28.0. The van der Waals surface area contributed by atoms with E-state index in [-0.39, 0.29) is 0 Å². The van der Waals surface area contributed by atoms with Gasteiger partial charge in [0.25, 0.3) is 15.0 Å². The lowest BCUT2D eigenvalue weighted by Crippen LogP contribution is -2.45.